The number of hydrogen-bond donors (Lipinski definition) is 1. The van der Waals surface area contributed by atoms with Gasteiger partial charge in [0.05, 0.1) is 6.54 Å². The van der Waals surface area contributed by atoms with Crippen molar-refractivity contribution in [3.05, 3.63) is 75.1 Å². The van der Waals surface area contributed by atoms with Crippen LogP contribution in [0.4, 0.5) is 0 Å². The van der Waals surface area contributed by atoms with Crippen LogP contribution in [0.1, 0.15) is 11.3 Å². The minimum atomic E-state index is 0.684. The summed E-state index contributed by atoms with van der Waals surface area (Å²) in [6.07, 6.45) is 3.64. The normalized spacial score (nSPS) is 10.8. The highest BCUT2D eigenvalue weighted by Crippen LogP contribution is 2.31. The third-order valence-electron chi connectivity index (χ3n) is 3.21. The second kappa shape index (κ2) is 7.22. The fourth-order valence-electron chi connectivity index (χ4n) is 2.14. The molecule has 3 aromatic rings. The quantitative estimate of drug-likeness (QED) is 0.618. The van der Waals surface area contributed by atoms with E-state index in [4.69, 9.17) is 4.42 Å². The first-order valence-electron chi connectivity index (χ1n) is 6.86. The average Bonchev–Trinajstić information content (AvgIpc) is 2.97. The standard InChI is InChI=1S/C17H14Br2N2O/c18-13-3-5-15(16(19)8-13)17-6-4-14(22-17)11-21-10-12-2-1-7-20-9-12/h1-9,21H,10-11H2. The summed E-state index contributed by atoms with van der Waals surface area (Å²) in [7, 11) is 0. The second-order valence-corrected chi connectivity index (χ2v) is 6.62. The zero-order valence-electron chi connectivity index (χ0n) is 11.7. The zero-order chi connectivity index (χ0) is 15.4. The lowest BCUT2D eigenvalue weighted by Gasteiger charge is -2.03. The highest BCUT2D eigenvalue weighted by Gasteiger charge is 2.08. The Labute approximate surface area is 146 Å². The number of aromatic nitrogens is 1. The van der Waals surface area contributed by atoms with Gasteiger partial charge < -0.3 is 9.73 Å². The van der Waals surface area contributed by atoms with Crippen LogP contribution in [0.5, 0.6) is 0 Å². The molecule has 1 aromatic carbocycles. The molecule has 0 unspecified atom stereocenters. The number of furan rings is 1. The van der Waals surface area contributed by atoms with Gasteiger partial charge >= 0.3 is 0 Å². The SMILES string of the molecule is Brc1ccc(-c2ccc(CNCc3cccnc3)o2)c(Br)c1. The molecule has 0 fully saturated rings. The summed E-state index contributed by atoms with van der Waals surface area (Å²) in [5.74, 6) is 1.77. The van der Waals surface area contributed by atoms with Crippen LogP contribution in [0, 0.1) is 0 Å². The van der Waals surface area contributed by atoms with Gasteiger partial charge in [-0.25, -0.2) is 0 Å². The third kappa shape index (κ3) is 3.85. The molecule has 0 spiro atoms. The van der Waals surface area contributed by atoms with Crippen molar-refractivity contribution in [2.45, 2.75) is 13.1 Å². The van der Waals surface area contributed by atoms with Crippen LogP contribution in [-0.4, -0.2) is 4.98 Å². The Bertz CT molecular complexity index is 756. The Morgan fingerprint density at radius 1 is 1.05 bits per heavy atom. The van der Waals surface area contributed by atoms with Crippen LogP contribution < -0.4 is 5.32 Å². The lowest BCUT2D eigenvalue weighted by molar-refractivity contribution is 0.493. The van der Waals surface area contributed by atoms with Gasteiger partial charge in [0.1, 0.15) is 11.5 Å². The summed E-state index contributed by atoms with van der Waals surface area (Å²) in [4.78, 5) is 4.10. The van der Waals surface area contributed by atoms with Crippen LogP contribution in [0.15, 0.2) is 68.2 Å². The lowest BCUT2D eigenvalue weighted by Crippen LogP contribution is -2.12. The number of benzene rings is 1. The second-order valence-electron chi connectivity index (χ2n) is 4.85. The van der Waals surface area contributed by atoms with Crippen molar-refractivity contribution in [1.82, 2.24) is 10.3 Å². The van der Waals surface area contributed by atoms with Gasteiger partial charge in [0.2, 0.25) is 0 Å². The Kier molecular flexibility index (Phi) is 5.08. The highest BCUT2D eigenvalue weighted by atomic mass is 79.9. The van der Waals surface area contributed by atoms with Gasteiger partial charge in [-0.15, -0.1) is 0 Å². The molecule has 0 aliphatic heterocycles. The number of rotatable bonds is 5. The van der Waals surface area contributed by atoms with Crippen molar-refractivity contribution in [2.24, 2.45) is 0 Å². The molecular formula is C17H14Br2N2O. The third-order valence-corrected chi connectivity index (χ3v) is 4.36. The highest BCUT2D eigenvalue weighted by molar-refractivity contribution is 9.11. The van der Waals surface area contributed by atoms with Gasteiger partial charge in [-0.3, -0.25) is 4.98 Å². The molecule has 0 atom stereocenters. The van der Waals surface area contributed by atoms with Crippen LogP contribution in [0.25, 0.3) is 11.3 Å². The molecule has 0 radical (unpaired) electrons. The number of nitrogens with one attached hydrogen (secondary N) is 1. The molecular weight excluding hydrogens is 408 g/mol. The van der Waals surface area contributed by atoms with Crippen molar-refractivity contribution < 1.29 is 4.42 Å². The van der Waals surface area contributed by atoms with Crippen LogP contribution in [0.2, 0.25) is 0 Å². The van der Waals surface area contributed by atoms with Crippen molar-refractivity contribution in [3.8, 4) is 11.3 Å². The number of nitrogens with zero attached hydrogens (tertiary/aromatic N) is 1. The maximum absolute atomic E-state index is 5.90. The Morgan fingerprint density at radius 2 is 1.95 bits per heavy atom. The van der Waals surface area contributed by atoms with Crippen molar-refractivity contribution in [2.75, 3.05) is 0 Å². The van der Waals surface area contributed by atoms with Crippen LogP contribution in [-0.2, 0) is 13.1 Å². The molecule has 1 N–H and O–H groups in total. The molecule has 0 bridgehead atoms. The molecule has 0 aliphatic rings. The van der Waals surface area contributed by atoms with E-state index < -0.39 is 0 Å². The summed E-state index contributed by atoms with van der Waals surface area (Å²) in [6, 6.07) is 14.0. The molecule has 3 nitrogen and oxygen atoms in total. The molecule has 3 rings (SSSR count). The topological polar surface area (TPSA) is 38.1 Å². The van der Waals surface area contributed by atoms with E-state index in [9.17, 15) is 0 Å². The Morgan fingerprint density at radius 3 is 2.73 bits per heavy atom. The molecule has 112 valence electrons. The van der Waals surface area contributed by atoms with Gasteiger partial charge in [0.25, 0.3) is 0 Å². The molecule has 2 aromatic heterocycles. The number of pyridine rings is 1. The van der Waals surface area contributed by atoms with Gasteiger partial charge in [0, 0.05) is 33.4 Å². The van der Waals surface area contributed by atoms with Crippen molar-refractivity contribution >= 4 is 31.9 Å². The van der Waals surface area contributed by atoms with E-state index in [1.807, 2.05) is 48.7 Å². The predicted octanol–water partition coefficient (Wildman–Crippen LogP) is 5.16. The molecule has 2 heterocycles. The summed E-state index contributed by atoms with van der Waals surface area (Å²) in [5, 5.41) is 3.35. The monoisotopic (exact) mass is 420 g/mol. The minimum Gasteiger partial charge on any atom is -0.460 e. The van der Waals surface area contributed by atoms with Gasteiger partial charge in [-0.1, -0.05) is 22.0 Å². The number of halogens is 2. The fourth-order valence-corrected chi connectivity index (χ4v) is 3.38. The summed E-state index contributed by atoms with van der Waals surface area (Å²) >= 11 is 7.02. The van der Waals surface area contributed by atoms with E-state index in [1.165, 1.54) is 0 Å². The zero-order valence-corrected chi connectivity index (χ0v) is 14.9. The maximum atomic E-state index is 5.90. The van der Waals surface area contributed by atoms with E-state index in [2.05, 4.69) is 42.2 Å². The van der Waals surface area contributed by atoms with E-state index in [0.717, 1.165) is 38.1 Å². The fraction of sp³-hybridized carbons (Fsp3) is 0.118. The molecule has 0 aliphatic carbocycles. The Hall–Kier alpha value is -1.43. The van der Waals surface area contributed by atoms with Crippen molar-refractivity contribution in [3.63, 3.8) is 0 Å². The minimum absolute atomic E-state index is 0.684. The number of hydrogen-bond acceptors (Lipinski definition) is 3. The maximum Gasteiger partial charge on any atom is 0.135 e. The molecule has 22 heavy (non-hydrogen) atoms. The first-order valence-corrected chi connectivity index (χ1v) is 8.45. The molecule has 5 heteroatoms. The smallest absolute Gasteiger partial charge is 0.135 e. The lowest BCUT2D eigenvalue weighted by atomic mass is 10.2. The van der Waals surface area contributed by atoms with E-state index in [0.29, 0.717) is 6.54 Å². The van der Waals surface area contributed by atoms with Gasteiger partial charge in [-0.05, 0) is 57.9 Å². The van der Waals surface area contributed by atoms with E-state index in [1.54, 1.807) is 6.20 Å². The summed E-state index contributed by atoms with van der Waals surface area (Å²) in [5.41, 5.74) is 2.20. The van der Waals surface area contributed by atoms with Crippen LogP contribution >= 0.6 is 31.9 Å². The van der Waals surface area contributed by atoms with E-state index >= 15 is 0 Å². The molecule has 0 saturated carbocycles. The first-order chi connectivity index (χ1) is 10.7. The summed E-state index contributed by atoms with van der Waals surface area (Å²) in [6.45, 7) is 1.45. The van der Waals surface area contributed by atoms with Gasteiger partial charge in [-0.2, -0.15) is 0 Å². The first kappa shape index (κ1) is 15.5. The molecule has 0 amide bonds. The Balaban J connectivity index is 1.64. The predicted molar refractivity (Wildman–Crippen MR) is 94.3 cm³/mol. The van der Waals surface area contributed by atoms with E-state index in [-0.39, 0.29) is 0 Å². The van der Waals surface area contributed by atoms with Crippen molar-refractivity contribution in [1.29, 1.82) is 0 Å². The average molecular weight is 422 g/mol. The van der Waals surface area contributed by atoms with Gasteiger partial charge in [0.15, 0.2) is 0 Å². The largest absolute Gasteiger partial charge is 0.460 e. The summed E-state index contributed by atoms with van der Waals surface area (Å²) < 4.78 is 7.95. The molecule has 0 saturated heterocycles. The van der Waals surface area contributed by atoms with Crippen LogP contribution in [0.3, 0.4) is 0 Å².